The largest absolute Gasteiger partial charge is 0.321 e. The van der Waals surface area contributed by atoms with Gasteiger partial charge in [0.2, 0.25) is 5.78 Å². The van der Waals surface area contributed by atoms with E-state index in [1.165, 1.54) is 0 Å². The lowest BCUT2D eigenvalue weighted by Gasteiger charge is -2.09. The molecule has 5 heteroatoms. The number of aromatic nitrogens is 2. The first kappa shape index (κ1) is 21.9. The van der Waals surface area contributed by atoms with E-state index in [2.05, 4.69) is 28.8 Å². The van der Waals surface area contributed by atoms with Crippen molar-refractivity contribution < 1.29 is 4.79 Å². The van der Waals surface area contributed by atoms with Crippen LogP contribution in [0.15, 0.2) is 109 Å². The zero-order chi connectivity index (χ0) is 24.6. The van der Waals surface area contributed by atoms with Crippen LogP contribution >= 0.6 is 11.6 Å². The maximum absolute atomic E-state index is 13.9. The van der Waals surface area contributed by atoms with E-state index in [-0.39, 0.29) is 5.78 Å². The Morgan fingerprint density at radius 1 is 0.778 bits per heavy atom. The third-order valence-corrected chi connectivity index (χ3v) is 6.75. The number of nitrogens with zero attached hydrogens (tertiary/aromatic N) is 3. The molecule has 0 amide bonds. The highest BCUT2D eigenvalue weighted by Gasteiger charge is 2.29. The van der Waals surface area contributed by atoms with Gasteiger partial charge in [-0.05, 0) is 35.4 Å². The molecule has 6 aromatic rings. The van der Waals surface area contributed by atoms with Gasteiger partial charge in [0.05, 0.1) is 16.6 Å². The van der Waals surface area contributed by atoms with E-state index in [1.807, 2.05) is 83.3 Å². The highest BCUT2D eigenvalue weighted by Crippen LogP contribution is 2.39. The fraction of sp³-hybridized carbons (Fsp3) is 0.0323. The van der Waals surface area contributed by atoms with Gasteiger partial charge in [0, 0.05) is 22.7 Å². The number of carbonyl (C=O) groups excluding carboxylic acids is 1. The molecule has 172 valence electrons. The quantitative estimate of drug-likeness (QED) is 0.239. The van der Waals surface area contributed by atoms with Crippen molar-refractivity contribution in [2.75, 3.05) is 0 Å². The number of fused-ring (bicyclic) bond motifs is 3. The van der Waals surface area contributed by atoms with E-state index in [4.69, 9.17) is 11.6 Å². The highest BCUT2D eigenvalue weighted by molar-refractivity contribution is 6.30. The molecule has 4 aromatic carbocycles. The lowest BCUT2D eigenvalue weighted by atomic mass is 9.99. The van der Waals surface area contributed by atoms with Crippen LogP contribution in [-0.2, 0) is 6.54 Å². The summed E-state index contributed by atoms with van der Waals surface area (Å²) in [6.45, 7) is 0.590. The normalized spacial score (nSPS) is 11.1. The van der Waals surface area contributed by atoms with E-state index >= 15 is 0 Å². The summed E-state index contributed by atoms with van der Waals surface area (Å²) in [7, 11) is 0. The number of halogens is 1. The molecule has 0 saturated carbocycles. The van der Waals surface area contributed by atoms with Crippen LogP contribution in [-0.4, -0.2) is 14.8 Å². The molecule has 0 saturated heterocycles. The molecule has 0 aliphatic rings. The average molecular weight is 486 g/mol. The fourth-order valence-corrected chi connectivity index (χ4v) is 5.04. The van der Waals surface area contributed by atoms with Crippen molar-refractivity contribution in [1.29, 1.82) is 5.26 Å². The predicted molar refractivity (Wildman–Crippen MR) is 143 cm³/mol. The molecule has 36 heavy (non-hydrogen) atoms. The van der Waals surface area contributed by atoms with Crippen LogP contribution in [0.4, 0.5) is 0 Å². The standard InChI is InChI=1S/C31H20ClN3O/c32-24-17-15-22(16-18-24)28-25(19-33)29(30(36)23-11-5-2-6-12-23)35-27-14-8-7-13-26(27)34(31(28)35)20-21-9-3-1-4-10-21/h1-18H,20H2. The topological polar surface area (TPSA) is 50.2 Å². The second kappa shape index (κ2) is 8.88. The summed E-state index contributed by atoms with van der Waals surface area (Å²) < 4.78 is 4.15. The van der Waals surface area contributed by atoms with Crippen LogP contribution < -0.4 is 0 Å². The summed E-state index contributed by atoms with van der Waals surface area (Å²) in [4.78, 5) is 13.9. The maximum Gasteiger partial charge on any atom is 0.211 e. The summed E-state index contributed by atoms with van der Waals surface area (Å²) >= 11 is 6.20. The Morgan fingerprint density at radius 2 is 1.39 bits per heavy atom. The van der Waals surface area contributed by atoms with Crippen molar-refractivity contribution in [2.24, 2.45) is 0 Å². The van der Waals surface area contributed by atoms with Gasteiger partial charge >= 0.3 is 0 Å². The summed E-state index contributed by atoms with van der Waals surface area (Å²) in [5.74, 6) is -0.190. The van der Waals surface area contributed by atoms with Gasteiger partial charge in [-0.2, -0.15) is 5.26 Å². The van der Waals surface area contributed by atoms with Crippen molar-refractivity contribution in [1.82, 2.24) is 8.97 Å². The minimum atomic E-state index is -0.190. The number of carbonyl (C=O) groups is 1. The Bertz CT molecular complexity index is 1770. The lowest BCUT2D eigenvalue weighted by Crippen LogP contribution is -2.07. The minimum absolute atomic E-state index is 0.190. The van der Waals surface area contributed by atoms with Crippen molar-refractivity contribution in [3.05, 3.63) is 137 Å². The number of benzene rings is 4. The molecular weight excluding hydrogens is 466 g/mol. The summed E-state index contributed by atoms with van der Waals surface area (Å²) in [6, 6.07) is 37.1. The van der Waals surface area contributed by atoms with E-state index in [1.54, 1.807) is 12.1 Å². The fourth-order valence-electron chi connectivity index (χ4n) is 4.91. The zero-order valence-corrected chi connectivity index (χ0v) is 20.0. The minimum Gasteiger partial charge on any atom is -0.321 e. The molecule has 2 heterocycles. The first-order chi connectivity index (χ1) is 17.7. The van der Waals surface area contributed by atoms with Gasteiger partial charge in [0.15, 0.2) is 0 Å². The molecule has 0 fully saturated rings. The molecule has 0 aliphatic carbocycles. The molecule has 4 nitrogen and oxygen atoms in total. The van der Waals surface area contributed by atoms with Crippen molar-refractivity contribution >= 4 is 34.1 Å². The number of rotatable bonds is 5. The number of para-hydroxylation sites is 2. The number of hydrogen-bond acceptors (Lipinski definition) is 2. The Morgan fingerprint density at radius 3 is 2.06 bits per heavy atom. The van der Waals surface area contributed by atoms with E-state index in [0.29, 0.717) is 28.4 Å². The van der Waals surface area contributed by atoms with Crippen molar-refractivity contribution in [2.45, 2.75) is 6.54 Å². The van der Waals surface area contributed by atoms with Crippen molar-refractivity contribution in [3.63, 3.8) is 0 Å². The Hall–Kier alpha value is -4.59. The van der Waals surface area contributed by atoms with Crippen LogP contribution in [0.2, 0.25) is 5.02 Å². The van der Waals surface area contributed by atoms with Crippen LogP contribution in [0.1, 0.15) is 27.2 Å². The van der Waals surface area contributed by atoms with Gasteiger partial charge in [0.1, 0.15) is 17.4 Å². The van der Waals surface area contributed by atoms with Crippen LogP contribution in [0.5, 0.6) is 0 Å². The molecule has 0 aliphatic heterocycles. The van der Waals surface area contributed by atoms with Crippen molar-refractivity contribution in [3.8, 4) is 17.2 Å². The Labute approximate surface area is 213 Å². The monoisotopic (exact) mass is 485 g/mol. The molecule has 0 N–H and O–H groups in total. The molecule has 0 bridgehead atoms. The van der Waals surface area contributed by atoms with Gasteiger partial charge in [-0.1, -0.05) is 96.5 Å². The van der Waals surface area contributed by atoms with Crippen LogP contribution in [0, 0.1) is 11.3 Å². The van der Waals surface area contributed by atoms with E-state index in [9.17, 15) is 10.1 Å². The molecule has 2 aromatic heterocycles. The zero-order valence-electron chi connectivity index (χ0n) is 19.2. The van der Waals surface area contributed by atoms with Gasteiger partial charge < -0.3 is 4.57 Å². The molecule has 0 spiro atoms. The average Bonchev–Trinajstić information content (AvgIpc) is 3.42. The van der Waals surface area contributed by atoms with E-state index < -0.39 is 0 Å². The molecule has 0 atom stereocenters. The SMILES string of the molecule is N#Cc1c(-c2ccc(Cl)cc2)c2n(Cc3ccccc3)c3ccccc3n2c1C(=O)c1ccccc1. The molecule has 6 rings (SSSR count). The van der Waals surface area contributed by atoms with Crippen LogP contribution in [0.25, 0.3) is 27.8 Å². The number of hydrogen-bond donors (Lipinski definition) is 0. The Balaban J connectivity index is 1.77. The number of nitriles is 1. The lowest BCUT2D eigenvalue weighted by molar-refractivity contribution is 0.103. The van der Waals surface area contributed by atoms with Gasteiger partial charge in [-0.15, -0.1) is 0 Å². The summed E-state index contributed by atoms with van der Waals surface area (Å²) in [5.41, 5.74) is 6.60. The van der Waals surface area contributed by atoms with E-state index in [0.717, 1.165) is 33.4 Å². The second-order valence-corrected chi connectivity index (χ2v) is 9.07. The predicted octanol–water partition coefficient (Wildman–Crippen LogP) is 7.37. The maximum atomic E-state index is 13.9. The van der Waals surface area contributed by atoms with Gasteiger partial charge in [-0.25, -0.2) is 0 Å². The highest BCUT2D eigenvalue weighted by atomic mass is 35.5. The van der Waals surface area contributed by atoms with Gasteiger partial charge in [-0.3, -0.25) is 9.20 Å². The first-order valence-electron chi connectivity index (χ1n) is 11.6. The Kier molecular flexibility index (Phi) is 5.41. The van der Waals surface area contributed by atoms with Crippen LogP contribution in [0.3, 0.4) is 0 Å². The second-order valence-electron chi connectivity index (χ2n) is 8.63. The molecular formula is C31H20ClN3O. The summed E-state index contributed by atoms with van der Waals surface area (Å²) in [5, 5.41) is 11.0. The number of imidazole rings is 1. The smallest absolute Gasteiger partial charge is 0.211 e. The number of ketones is 1. The molecule has 0 unspecified atom stereocenters. The van der Waals surface area contributed by atoms with Gasteiger partial charge in [0.25, 0.3) is 0 Å². The third kappa shape index (κ3) is 3.50. The summed E-state index contributed by atoms with van der Waals surface area (Å²) in [6.07, 6.45) is 0. The molecule has 0 radical (unpaired) electrons. The third-order valence-electron chi connectivity index (χ3n) is 6.49. The first-order valence-corrected chi connectivity index (χ1v) is 12.0.